The van der Waals surface area contributed by atoms with Gasteiger partial charge >= 0.3 is 6.03 Å². The molecular formula is C14H18Cl2N2O2. The van der Waals surface area contributed by atoms with E-state index in [4.69, 9.17) is 27.9 Å². The van der Waals surface area contributed by atoms with E-state index in [1.54, 1.807) is 24.1 Å². The number of hydrogen-bond acceptors (Lipinski definition) is 2. The number of anilines is 1. The topological polar surface area (TPSA) is 41.6 Å². The number of nitrogens with zero attached hydrogens (tertiary/aromatic N) is 1. The van der Waals surface area contributed by atoms with Crippen LogP contribution in [0.4, 0.5) is 10.5 Å². The van der Waals surface area contributed by atoms with Gasteiger partial charge in [0.05, 0.1) is 23.4 Å². The van der Waals surface area contributed by atoms with Gasteiger partial charge in [-0.1, -0.05) is 23.2 Å². The third-order valence-electron chi connectivity index (χ3n) is 3.56. The Kier molecular flexibility index (Phi) is 5.13. The first-order chi connectivity index (χ1) is 9.54. The maximum Gasteiger partial charge on any atom is 0.322 e. The van der Waals surface area contributed by atoms with Gasteiger partial charge in [-0.3, -0.25) is 0 Å². The number of carbonyl (C=O) groups is 1. The largest absolute Gasteiger partial charge is 0.383 e. The Morgan fingerprint density at radius 1 is 1.50 bits per heavy atom. The zero-order valence-corrected chi connectivity index (χ0v) is 13.1. The first kappa shape index (κ1) is 15.4. The molecule has 1 aliphatic rings. The van der Waals surface area contributed by atoms with E-state index in [0.717, 1.165) is 24.9 Å². The second-order valence-electron chi connectivity index (χ2n) is 4.91. The Balaban J connectivity index is 2.10. The molecule has 6 heteroatoms. The van der Waals surface area contributed by atoms with Crippen molar-refractivity contribution in [1.82, 2.24) is 4.90 Å². The monoisotopic (exact) mass is 316 g/mol. The Hall–Kier alpha value is -0.970. The van der Waals surface area contributed by atoms with Crippen LogP contribution in [-0.2, 0) is 4.74 Å². The van der Waals surface area contributed by atoms with E-state index in [9.17, 15) is 4.79 Å². The minimum atomic E-state index is -0.145. The highest BCUT2D eigenvalue weighted by atomic mass is 35.5. The van der Waals surface area contributed by atoms with Gasteiger partial charge in [-0.2, -0.15) is 0 Å². The number of urea groups is 1. The highest BCUT2D eigenvalue weighted by Crippen LogP contribution is 2.31. The minimum absolute atomic E-state index is 0.132. The number of halogens is 2. The van der Waals surface area contributed by atoms with Crippen LogP contribution in [0.3, 0.4) is 0 Å². The molecule has 4 nitrogen and oxygen atoms in total. The predicted molar refractivity (Wildman–Crippen MR) is 81.8 cm³/mol. The summed E-state index contributed by atoms with van der Waals surface area (Å²) in [4.78, 5) is 14.1. The quantitative estimate of drug-likeness (QED) is 0.917. The van der Waals surface area contributed by atoms with Crippen molar-refractivity contribution in [3.05, 3.63) is 27.7 Å². The van der Waals surface area contributed by atoms with Crippen LogP contribution in [0, 0.1) is 6.92 Å². The van der Waals surface area contributed by atoms with E-state index >= 15 is 0 Å². The van der Waals surface area contributed by atoms with Crippen LogP contribution in [0.1, 0.15) is 18.4 Å². The number of rotatable bonds is 3. The van der Waals surface area contributed by atoms with E-state index in [1.165, 1.54) is 0 Å². The molecule has 1 aliphatic heterocycles. The van der Waals surface area contributed by atoms with Crippen LogP contribution in [0.2, 0.25) is 10.0 Å². The molecule has 1 N–H and O–H groups in total. The maximum atomic E-state index is 12.3. The van der Waals surface area contributed by atoms with Gasteiger partial charge < -0.3 is 15.0 Å². The van der Waals surface area contributed by atoms with E-state index < -0.39 is 0 Å². The minimum Gasteiger partial charge on any atom is -0.383 e. The summed E-state index contributed by atoms with van der Waals surface area (Å²) < 4.78 is 5.15. The molecule has 0 radical (unpaired) electrons. The van der Waals surface area contributed by atoms with Crippen molar-refractivity contribution in [1.29, 1.82) is 0 Å². The van der Waals surface area contributed by atoms with Crippen molar-refractivity contribution in [2.24, 2.45) is 0 Å². The van der Waals surface area contributed by atoms with Crippen molar-refractivity contribution in [3.8, 4) is 0 Å². The van der Waals surface area contributed by atoms with Gasteiger partial charge in [0.2, 0.25) is 0 Å². The Labute approximate surface area is 129 Å². The SMILES string of the molecule is COC[C@@H]1CCCN1C(=O)Nc1ccc(Cl)c(C)c1Cl. The number of carbonyl (C=O) groups excluding carboxylic acids is 1. The summed E-state index contributed by atoms with van der Waals surface area (Å²) in [5, 5.41) is 3.92. The van der Waals surface area contributed by atoms with Crippen LogP contribution in [0.25, 0.3) is 0 Å². The summed E-state index contributed by atoms with van der Waals surface area (Å²) >= 11 is 12.2. The second-order valence-corrected chi connectivity index (χ2v) is 5.69. The normalized spacial score (nSPS) is 18.4. The maximum absolute atomic E-state index is 12.3. The van der Waals surface area contributed by atoms with Gasteiger partial charge in [-0.15, -0.1) is 0 Å². The molecule has 1 aromatic carbocycles. The molecule has 1 saturated heterocycles. The summed E-state index contributed by atoms with van der Waals surface area (Å²) in [5.41, 5.74) is 1.35. The molecule has 110 valence electrons. The molecule has 1 fully saturated rings. The molecule has 2 rings (SSSR count). The molecule has 20 heavy (non-hydrogen) atoms. The summed E-state index contributed by atoms with van der Waals surface area (Å²) in [5.74, 6) is 0. The summed E-state index contributed by atoms with van der Waals surface area (Å²) in [6.07, 6.45) is 1.96. The fourth-order valence-electron chi connectivity index (χ4n) is 2.41. The number of benzene rings is 1. The lowest BCUT2D eigenvalue weighted by Gasteiger charge is -2.24. The van der Waals surface area contributed by atoms with Crippen LogP contribution >= 0.6 is 23.2 Å². The third kappa shape index (κ3) is 3.19. The van der Waals surface area contributed by atoms with Crippen LogP contribution in [-0.4, -0.2) is 37.2 Å². The first-order valence-corrected chi connectivity index (χ1v) is 7.31. The van der Waals surface area contributed by atoms with Crippen molar-refractivity contribution >= 4 is 34.9 Å². The van der Waals surface area contributed by atoms with Gasteiger partial charge in [0.25, 0.3) is 0 Å². The Bertz CT molecular complexity index is 508. The number of hydrogen-bond donors (Lipinski definition) is 1. The van der Waals surface area contributed by atoms with Gasteiger partial charge in [0.15, 0.2) is 0 Å². The van der Waals surface area contributed by atoms with Crippen molar-refractivity contribution in [3.63, 3.8) is 0 Å². The molecule has 0 aromatic heterocycles. The Morgan fingerprint density at radius 2 is 2.25 bits per heavy atom. The average Bonchev–Trinajstić information content (AvgIpc) is 2.88. The van der Waals surface area contributed by atoms with E-state index in [2.05, 4.69) is 5.32 Å². The zero-order valence-electron chi connectivity index (χ0n) is 11.6. The Morgan fingerprint density at radius 3 is 2.95 bits per heavy atom. The van der Waals surface area contributed by atoms with Gasteiger partial charge in [0, 0.05) is 18.7 Å². The molecular weight excluding hydrogens is 299 g/mol. The van der Waals surface area contributed by atoms with E-state index in [0.29, 0.717) is 22.3 Å². The van der Waals surface area contributed by atoms with E-state index in [1.807, 2.05) is 6.92 Å². The highest BCUT2D eigenvalue weighted by Gasteiger charge is 2.29. The molecule has 1 aromatic rings. The van der Waals surface area contributed by atoms with Crippen molar-refractivity contribution in [2.75, 3.05) is 25.6 Å². The molecule has 2 amide bonds. The zero-order chi connectivity index (χ0) is 14.7. The van der Waals surface area contributed by atoms with Crippen LogP contribution in [0.5, 0.6) is 0 Å². The fraction of sp³-hybridized carbons (Fsp3) is 0.500. The van der Waals surface area contributed by atoms with Crippen molar-refractivity contribution < 1.29 is 9.53 Å². The smallest absolute Gasteiger partial charge is 0.322 e. The molecule has 0 unspecified atom stereocenters. The molecule has 0 aliphatic carbocycles. The lowest BCUT2D eigenvalue weighted by molar-refractivity contribution is 0.128. The molecule has 1 atom stereocenters. The molecule has 0 saturated carbocycles. The molecule has 0 spiro atoms. The molecule has 0 bridgehead atoms. The number of ether oxygens (including phenoxy) is 1. The lowest BCUT2D eigenvalue weighted by atomic mass is 10.2. The fourth-order valence-corrected chi connectivity index (χ4v) is 2.83. The molecule has 1 heterocycles. The average molecular weight is 317 g/mol. The predicted octanol–water partition coefficient (Wildman–Crippen LogP) is 3.94. The summed E-state index contributed by atoms with van der Waals surface area (Å²) in [7, 11) is 1.65. The number of nitrogens with one attached hydrogen (secondary N) is 1. The first-order valence-electron chi connectivity index (χ1n) is 6.55. The van der Waals surface area contributed by atoms with Crippen molar-refractivity contribution in [2.45, 2.75) is 25.8 Å². The number of amides is 2. The third-order valence-corrected chi connectivity index (χ3v) is 4.46. The summed E-state index contributed by atoms with van der Waals surface area (Å²) in [6.45, 7) is 3.12. The standard InChI is InChI=1S/C14H18Cl2N2O2/c1-9-11(15)5-6-12(13(9)16)17-14(19)18-7-3-4-10(18)8-20-2/h5-6,10H,3-4,7-8H2,1-2H3,(H,17,19)/t10-/m0/s1. The van der Waals surface area contributed by atoms with Crippen LogP contribution < -0.4 is 5.32 Å². The second kappa shape index (κ2) is 6.66. The van der Waals surface area contributed by atoms with Gasteiger partial charge in [0.1, 0.15) is 0 Å². The van der Waals surface area contributed by atoms with E-state index in [-0.39, 0.29) is 12.1 Å². The van der Waals surface area contributed by atoms with Crippen LogP contribution in [0.15, 0.2) is 12.1 Å². The number of methoxy groups -OCH3 is 1. The summed E-state index contributed by atoms with van der Waals surface area (Å²) in [6, 6.07) is 3.44. The van der Waals surface area contributed by atoms with Gasteiger partial charge in [-0.25, -0.2) is 4.79 Å². The highest BCUT2D eigenvalue weighted by molar-refractivity contribution is 6.38. The number of likely N-dealkylation sites (tertiary alicyclic amines) is 1. The lowest BCUT2D eigenvalue weighted by Crippen LogP contribution is -2.40. The van der Waals surface area contributed by atoms with Gasteiger partial charge in [-0.05, 0) is 37.5 Å².